The Morgan fingerprint density at radius 1 is 0.200 bits per heavy atom. The third-order valence-corrected chi connectivity index (χ3v) is 10.9. The van der Waals surface area contributed by atoms with E-state index >= 15 is 0 Å². The van der Waals surface area contributed by atoms with Gasteiger partial charge in [-0.3, -0.25) is 0 Å². The summed E-state index contributed by atoms with van der Waals surface area (Å²) >= 11 is 0. The number of hydrogen-bond donors (Lipinski definition) is 0. The lowest BCUT2D eigenvalue weighted by atomic mass is 9.80. The molecule has 0 spiro atoms. The Kier molecular flexibility index (Phi) is 8.86. The normalized spacial score (nSPS) is 11.1. The first-order chi connectivity index (χ1) is 26.8. The summed E-state index contributed by atoms with van der Waals surface area (Å²) in [6.07, 6.45) is 0. The molecule has 0 aliphatic rings. The Morgan fingerprint density at radius 2 is 0.527 bits per heavy atom. The summed E-state index contributed by atoms with van der Waals surface area (Å²) in [4.78, 5) is 0. The minimum absolute atomic E-state index is 0. The molecule has 0 unspecified atom stereocenters. The van der Waals surface area contributed by atoms with Crippen LogP contribution in [-0.4, -0.2) is 0 Å². The van der Waals surface area contributed by atoms with Gasteiger partial charge in [-0.25, -0.2) is 0 Å². The van der Waals surface area contributed by atoms with Gasteiger partial charge >= 0.3 is 0 Å². The Hall–Kier alpha value is -7.02. The lowest BCUT2D eigenvalue weighted by molar-refractivity contribution is 1.57. The molecule has 0 N–H and O–H groups in total. The van der Waals surface area contributed by atoms with Crippen molar-refractivity contribution >= 4 is 32.3 Å². The van der Waals surface area contributed by atoms with Crippen molar-refractivity contribution in [2.45, 2.75) is 7.43 Å². The zero-order valence-electron chi connectivity index (χ0n) is 29.8. The summed E-state index contributed by atoms with van der Waals surface area (Å²) in [5.74, 6) is 0. The molecule has 10 aromatic carbocycles. The zero-order chi connectivity index (χ0) is 35.8. The standard InChI is InChI=1S/C54H36.CH4/c1-5-17-37(18-6-1)43-29-31-47(49(33-43)39-21-9-3-10-22-39)53-45-27-15-16-28-46(45)54(52-36-42-26-14-13-25-41(42)35-51(52)53)48-32-30-44(38-19-7-2-8-20-38)34-50(48)40-23-11-4-12-24-40;/h1-36H;1H4. The van der Waals surface area contributed by atoms with Crippen LogP contribution in [-0.2, 0) is 0 Å². The van der Waals surface area contributed by atoms with Crippen molar-refractivity contribution in [3.63, 3.8) is 0 Å². The highest BCUT2D eigenvalue weighted by molar-refractivity contribution is 6.25. The van der Waals surface area contributed by atoms with Gasteiger partial charge in [0, 0.05) is 0 Å². The van der Waals surface area contributed by atoms with Crippen LogP contribution in [0.4, 0.5) is 0 Å². The molecule has 10 aromatic rings. The molecule has 260 valence electrons. The quantitative estimate of drug-likeness (QED) is 0.152. The SMILES string of the molecule is C.c1ccc(-c2ccc(-c3c4ccccc4c(-c4ccc(-c5ccccc5)cc4-c4ccccc4)c4cc5ccccc5cc34)c(-c3ccccc3)c2)cc1. The number of benzene rings is 10. The molecular formula is C55H40. The number of rotatable bonds is 6. The van der Waals surface area contributed by atoms with Crippen molar-refractivity contribution in [3.05, 3.63) is 218 Å². The average Bonchev–Trinajstić information content (AvgIpc) is 3.26. The highest BCUT2D eigenvalue weighted by atomic mass is 14.2. The van der Waals surface area contributed by atoms with E-state index in [-0.39, 0.29) is 7.43 Å². The van der Waals surface area contributed by atoms with Crippen LogP contribution in [0.15, 0.2) is 218 Å². The lowest BCUT2D eigenvalue weighted by Crippen LogP contribution is -1.95. The molecule has 10 rings (SSSR count). The minimum atomic E-state index is 0. The van der Waals surface area contributed by atoms with E-state index in [1.165, 1.54) is 99.1 Å². The molecule has 0 amide bonds. The van der Waals surface area contributed by atoms with Crippen molar-refractivity contribution < 1.29 is 0 Å². The Morgan fingerprint density at radius 3 is 0.909 bits per heavy atom. The first kappa shape index (κ1) is 33.8. The molecule has 0 heteroatoms. The van der Waals surface area contributed by atoms with Crippen LogP contribution >= 0.6 is 0 Å². The summed E-state index contributed by atoms with van der Waals surface area (Å²) in [5, 5.41) is 7.45. The fraction of sp³-hybridized carbons (Fsp3) is 0.0182. The predicted octanol–water partition coefficient (Wildman–Crippen LogP) is 15.8. The summed E-state index contributed by atoms with van der Waals surface area (Å²) in [5.41, 5.74) is 14.7. The topological polar surface area (TPSA) is 0 Å². The van der Waals surface area contributed by atoms with Crippen molar-refractivity contribution in [2.24, 2.45) is 0 Å². The third kappa shape index (κ3) is 6.09. The van der Waals surface area contributed by atoms with Crippen molar-refractivity contribution in [2.75, 3.05) is 0 Å². The van der Waals surface area contributed by atoms with Crippen molar-refractivity contribution in [3.8, 4) is 66.8 Å². The molecule has 0 radical (unpaired) electrons. The second-order valence-corrected chi connectivity index (χ2v) is 14.0. The van der Waals surface area contributed by atoms with Crippen LogP contribution in [0.1, 0.15) is 7.43 Å². The zero-order valence-corrected chi connectivity index (χ0v) is 29.8. The maximum absolute atomic E-state index is 2.43. The van der Waals surface area contributed by atoms with Crippen LogP contribution < -0.4 is 0 Å². The molecule has 0 bridgehead atoms. The van der Waals surface area contributed by atoms with E-state index in [4.69, 9.17) is 0 Å². The fourth-order valence-corrected chi connectivity index (χ4v) is 8.30. The van der Waals surface area contributed by atoms with Crippen LogP contribution in [0.3, 0.4) is 0 Å². The van der Waals surface area contributed by atoms with Gasteiger partial charge in [-0.15, -0.1) is 0 Å². The van der Waals surface area contributed by atoms with E-state index in [0.29, 0.717) is 0 Å². The van der Waals surface area contributed by atoms with E-state index in [2.05, 4.69) is 218 Å². The fourth-order valence-electron chi connectivity index (χ4n) is 8.30. The van der Waals surface area contributed by atoms with Gasteiger partial charge < -0.3 is 0 Å². The highest BCUT2D eigenvalue weighted by Gasteiger charge is 2.22. The van der Waals surface area contributed by atoms with E-state index in [1.54, 1.807) is 0 Å². The summed E-state index contributed by atoms with van der Waals surface area (Å²) in [7, 11) is 0. The molecule has 0 saturated heterocycles. The van der Waals surface area contributed by atoms with Crippen molar-refractivity contribution in [1.29, 1.82) is 0 Å². The van der Waals surface area contributed by atoms with Crippen LogP contribution in [0.2, 0.25) is 0 Å². The van der Waals surface area contributed by atoms with E-state index < -0.39 is 0 Å². The molecular weight excluding hydrogens is 661 g/mol. The first-order valence-electron chi connectivity index (χ1n) is 18.7. The average molecular weight is 701 g/mol. The molecule has 0 nitrogen and oxygen atoms in total. The van der Waals surface area contributed by atoms with E-state index in [0.717, 1.165) is 0 Å². The predicted molar refractivity (Wildman–Crippen MR) is 238 cm³/mol. The monoisotopic (exact) mass is 700 g/mol. The minimum Gasteiger partial charge on any atom is -0.0776 e. The maximum Gasteiger partial charge on any atom is -0.00199 e. The Bertz CT molecular complexity index is 2740. The van der Waals surface area contributed by atoms with Gasteiger partial charge in [0.2, 0.25) is 0 Å². The lowest BCUT2D eigenvalue weighted by Gasteiger charge is -2.22. The molecule has 0 atom stereocenters. The Balaban J connectivity index is 0.00000397. The summed E-state index contributed by atoms with van der Waals surface area (Å²) in [6, 6.07) is 79.9. The molecule has 55 heavy (non-hydrogen) atoms. The molecule has 0 aromatic heterocycles. The summed E-state index contributed by atoms with van der Waals surface area (Å²) in [6.45, 7) is 0. The Labute approximate surface area is 323 Å². The van der Waals surface area contributed by atoms with Crippen LogP contribution in [0, 0.1) is 0 Å². The first-order valence-corrected chi connectivity index (χ1v) is 18.7. The van der Waals surface area contributed by atoms with E-state index in [9.17, 15) is 0 Å². The smallest absolute Gasteiger partial charge is 0.00199 e. The van der Waals surface area contributed by atoms with Gasteiger partial charge in [-0.05, 0) is 123 Å². The number of fused-ring (bicyclic) bond motifs is 3. The van der Waals surface area contributed by atoms with Gasteiger partial charge in [0.05, 0.1) is 0 Å². The van der Waals surface area contributed by atoms with E-state index in [1.807, 2.05) is 0 Å². The number of hydrogen-bond acceptors (Lipinski definition) is 0. The maximum atomic E-state index is 2.43. The van der Waals surface area contributed by atoms with Crippen molar-refractivity contribution in [1.82, 2.24) is 0 Å². The summed E-state index contributed by atoms with van der Waals surface area (Å²) < 4.78 is 0. The van der Waals surface area contributed by atoms with Crippen LogP contribution in [0.5, 0.6) is 0 Å². The largest absolute Gasteiger partial charge is 0.0776 e. The molecule has 0 heterocycles. The van der Waals surface area contributed by atoms with Gasteiger partial charge in [0.1, 0.15) is 0 Å². The third-order valence-electron chi connectivity index (χ3n) is 10.9. The van der Waals surface area contributed by atoms with Gasteiger partial charge in [0.15, 0.2) is 0 Å². The molecule has 0 aliphatic carbocycles. The second-order valence-electron chi connectivity index (χ2n) is 14.0. The molecule has 0 saturated carbocycles. The molecule has 0 aliphatic heterocycles. The van der Waals surface area contributed by atoms with Gasteiger partial charge in [-0.1, -0.05) is 202 Å². The molecule has 0 fully saturated rings. The second kappa shape index (κ2) is 14.4. The van der Waals surface area contributed by atoms with Crippen LogP contribution in [0.25, 0.3) is 99.1 Å². The highest BCUT2D eigenvalue weighted by Crippen LogP contribution is 2.49. The van der Waals surface area contributed by atoms with Gasteiger partial charge in [-0.2, -0.15) is 0 Å². The van der Waals surface area contributed by atoms with Gasteiger partial charge in [0.25, 0.3) is 0 Å².